The van der Waals surface area contributed by atoms with E-state index < -0.39 is 0 Å². The first-order chi connectivity index (χ1) is 9.24. The molecule has 2 aliphatic rings. The van der Waals surface area contributed by atoms with E-state index in [1.807, 2.05) is 4.90 Å². The summed E-state index contributed by atoms with van der Waals surface area (Å²) >= 11 is 0. The highest BCUT2D eigenvalue weighted by Gasteiger charge is 2.39. The molecule has 0 bridgehead atoms. The molecular formula is C15H21N3O. The Bertz CT molecular complexity index is 440. The highest BCUT2D eigenvalue weighted by atomic mass is 16.2. The molecule has 1 aromatic carbocycles. The predicted molar refractivity (Wildman–Crippen MR) is 74.4 cm³/mol. The normalized spacial score (nSPS) is 25.4. The van der Waals surface area contributed by atoms with E-state index >= 15 is 0 Å². The van der Waals surface area contributed by atoms with Gasteiger partial charge >= 0.3 is 0 Å². The van der Waals surface area contributed by atoms with Crippen molar-refractivity contribution in [1.29, 1.82) is 0 Å². The lowest BCUT2D eigenvalue weighted by Gasteiger charge is -2.45. The molecule has 4 nitrogen and oxygen atoms in total. The van der Waals surface area contributed by atoms with E-state index in [4.69, 9.17) is 5.73 Å². The van der Waals surface area contributed by atoms with Crippen LogP contribution in [0.1, 0.15) is 18.4 Å². The summed E-state index contributed by atoms with van der Waals surface area (Å²) in [5.74, 6) is 0.140. The lowest BCUT2D eigenvalue weighted by atomic mass is 9.97. The minimum Gasteiger partial charge on any atom is -0.336 e. The summed E-state index contributed by atoms with van der Waals surface area (Å²) in [4.78, 5) is 16.1. The van der Waals surface area contributed by atoms with Crippen molar-refractivity contribution >= 4 is 5.91 Å². The SMILES string of the molecule is NC1CN(C2CCN(Cc3ccccc3)CC2)C1=O. The monoisotopic (exact) mass is 259 g/mol. The van der Waals surface area contributed by atoms with Gasteiger partial charge in [-0.2, -0.15) is 0 Å². The predicted octanol–water partition coefficient (Wildman–Crippen LogP) is 0.820. The number of nitrogens with two attached hydrogens (primary N) is 1. The van der Waals surface area contributed by atoms with Crippen LogP contribution in [0.4, 0.5) is 0 Å². The molecule has 2 heterocycles. The molecule has 0 aromatic heterocycles. The average Bonchev–Trinajstić information content (AvgIpc) is 2.46. The van der Waals surface area contributed by atoms with Crippen LogP contribution in [0.5, 0.6) is 0 Å². The summed E-state index contributed by atoms with van der Waals surface area (Å²) in [5.41, 5.74) is 7.01. The second-order valence-corrected chi connectivity index (χ2v) is 5.59. The Labute approximate surface area is 114 Å². The first kappa shape index (κ1) is 12.6. The molecule has 0 spiro atoms. The minimum absolute atomic E-state index is 0.140. The van der Waals surface area contributed by atoms with Crippen LogP contribution < -0.4 is 5.73 Å². The van der Waals surface area contributed by atoms with Crippen molar-refractivity contribution < 1.29 is 4.79 Å². The lowest BCUT2D eigenvalue weighted by molar-refractivity contribution is -0.147. The Hall–Kier alpha value is -1.39. The van der Waals surface area contributed by atoms with Crippen molar-refractivity contribution in [3.05, 3.63) is 35.9 Å². The van der Waals surface area contributed by atoms with Gasteiger partial charge < -0.3 is 10.6 Å². The summed E-state index contributed by atoms with van der Waals surface area (Å²) in [6.07, 6.45) is 2.15. The maximum Gasteiger partial charge on any atom is 0.241 e. The van der Waals surface area contributed by atoms with Crippen molar-refractivity contribution in [1.82, 2.24) is 9.80 Å². The molecule has 1 amide bonds. The smallest absolute Gasteiger partial charge is 0.241 e. The molecule has 0 aliphatic carbocycles. The number of piperidine rings is 1. The number of likely N-dealkylation sites (tertiary alicyclic amines) is 2. The zero-order valence-electron chi connectivity index (χ0n) is 11.2. The van der Waals surface area contributed by atoms with Gasteiger partial charge in [0.1, 0.15) is 6.04 Å². The molecule has 4 heteroatoms. The van der Waals surface area contributed by atoms with Gasteiger partial charge in [-0.05, 0) is 18.4 Å². The molecule has 2 fully saturated rings. The van der Waals surface area contributed by atoms with Gasteiger partial charge in [-0.3, -0.25) is 9.69 Å². The first-order valence-corrected chi connectivity index (χ1v) is 7.06. The van der Waals surface area contributed by atoms with Gasteiger partial charge in [-0.15, -0.1) is 0 Å². The second kappa shape index (κ2) is 5.31. The van der Waals surface area contributed by atoms with Crippen molar-refractivity contribution in [2.75, 3.05) is 19.6 Å². The van der Waals surface area contributed by atoms with E-state index in [9.17, 15) is 4.79 Å². The van der Waals surface area contributed by atoms with E-state index in [-0.39, 0.29) is 11.9 Å². The minimum atomic E-state index is -0.234. The van der Waals surface area contributed by atoms with Crippen molar-refractivity contribution in [2.45, 2.75) is 31.5 Å². The third-order valence-corrected chi connectivity index (χ3v) is 4.24. The van der Waals surface area contributed by atoms with Gasteiger partial charge in [0, 0.05) is 32.2 Å². The number of carbonyl (C=O) groups excluding carboxylic acids is 1. The molecule has 102 valence electrons. The molecule has 0 radical (unpaired) electrons. The Balaban J connectivity index is 1.49. The number of benzene rings is 1. The van der Waals surface area contributed by atoms with E-state index in [2.05, 4.69) is 35.2 Å². The first-order valence-electron chi connectivity index (χ1n) is 7.06. The Kier molecular flexibility index (Phi) is 3.53. The number of amides is 1. The highest BCUT2D eigenvalue weighted by Crippen LogP contribution is 2.23. The number of nitrogens with zero attached hydrogens (tertiary/aromatic N) is 2. The number of hydrogen-bond acceptors (Lipinski definition) is 3. The Morgan fingerprint density at radius 3 is 2.42 bits per heavy atom. The summed E-state index contributed by atoms with van der Waals surface area (Å²) in [7, 11) is 0. The van der Waals surface area contributed by atoms with E-state index in [0.29, 0.717) is 6.04 Å². The van der Waals surface area contributed by atoms with Gasteiger partial charge in [0.05, 0.1) is 0 Å². The quantitative estimate of drug-likeness (QED) is 0.818. The topological polar surface area (TPSA) is 49.6 Å². The van der Waals surface area contributed by atoms with Crippen LogP contribution in [-0.2, 0) is 11.3 Å². The van der Waals surface area contributed by atoms with Crippen LogP contribution in [0.2, 0.25) is 0 Å². The fourth-order valence-corrected chi connectivity index (χ4v) is 3.04. The van der Waals surface area contributed by atoms with E-state index in [0.717, 1.165) is 39.0 Å². The molecule has 2 aliphatic heterocycles. The molecule has 19 heavy (non-hydrogen) atoms. The van der Waals surface area contributed by atoms with Crippen LogP contribution in [0.15, 0.2) is 30.3 Å². The Morgan fingerprint density at radius 2 is 1.84 bits per heavy atom. The molecule has 3 rings (SSSR count). The van der Waals surface area contributed by atoms with Crippen LogP contribution in [-0.4, -0.2) is 47.4 Å². The number of hydrogen-bond donors (Lipinski definition) is 1. The van der Waals surface area contributed by atoms with E-state index in [1.165, 1.54) is 5.56 Å². The maximum atomic E-state index is 11.6. The molecule has 1 unspecified atom stereocenters. The molecule has 2 N–H and O–H groups in total. The third-order valence-electron chi connectivity index (χ3n) is 4.24. The summed E-state index contributed by atoms with van der Waals surface area (Å²) < 4.78 is 0. The van der Waals surface area contributed by atoms with Gasteiger partial charge in [0.25, 0.3) is 0 Å². The van der Waals surface area contributed by atoms with Crippen LogP contribution in [0.3, 0.4) is 0 Å². The molecule has 1 atom stereocenters. The van der Waals surface area contributed by atoms with E-state index in [1.54, 1.807) is 0 Å². The van der Waals surface area contributed by atoms with Crippen molar-refractivity contribution in [3.63, 3.8) is 0 Å². The van der Waals surface area contributed by atoms with Crippen LogP contribution in [0.25, 0.3) is 0 Å². The van der Waals surface area contributed by atoms with Gasteiger partial charge in [-0.1, -0.05) is 30.3 Å². The largest absolute Gasteiger partial charge is 0.336 e. The zero-order chi connectivity index (χ0) is 13.2. The maximum absolute atomic E-state index is 11.6. The zero-order valence-corrected chi connectivity index (χ0v) is 11.2. The fraction of sp³-hybridized carbons (Fsp3) is 0.533. The molecule has 0 saturated carbocycles. The number of β-lactam (4-membered cyclic amide) rings is 1. The third kappa shape index (κ3) is 2.65. The molecule has 1 aromatic rings. The Morgan fingerprint density at radius 1 is 1.16 bits per heavy atom. The lowest BCUT2D eigenvalue weighted by Crippen LogP contribution is -2.65. The van der Waals surface area contributed by atoms with Crippen LogP contribution >= 0.6 is 0 Å². The number of rotatable bonds is 3. The van der Waals surface area contributed by atoms with Gasteiger partial charge in [0.2, 0.25) is 5.91 Å². The summed E-state index contributed by atoms with van der Waals surface area (Å²) in [6, 6.07) is 10.7. The highest BCUT2D eigenvalue weighted by molar-refractivity contribution is 5.87. The molecule has 2 saturated heterocycles. The number of carbonyl (C=O) groups is 1. The second-order valence-electron chi connectivity index (χ2n) is 5.59. The van der Waals surface area contributed by atoms with Gasteiger partial charge in [0.15, 0.2) is 0 Å². The standard InChI is InChI=1S/C15H21N3O/c16-14-11-18(15(14)19)13-6-8-17(9-7-13)10-12-4-2-1-3-5-12/h1-5,13-14H,6-11,16H2. The van der Waals surface area contributed by atoms with Gasteiger partial charge in [-0.25, -0.2) is 0 Å². The van der Waals surface area contributed by atoms with Crippen molar-refractivity contribution in [2.24, 2.45) is 5.73 Å². The molecular weight excluding hydrogens is 238 g/mol. The van der Waals surface area contributed by atoms with Crippen LogP contribution in [0, 0.1) is 0 Å². The average molecular weight is 259 g/mol. The summed E-state index contributed by atoms with van der Waals surface area (Å²) in [5, 5.41) is 0. The summed E-state index contributed by atoms with van der Waals surface area (Å²) in [6.45, 7) is 3.90. The fourth-order valence-electron chi connectivity index (χ4n) is 3.04. The van der Waals surface area contributed by atoms with Crippen molar-refractivity contribution in [3.8, 4) is 0 Å².